The van der Waals surface area contributed by atoms with Gasteiger partial charge in [-0.3, -0.25) is 5.41 Å². The van der Waals surface area contributed by atoms with Gasteiger partial charge in [0, 0.05) is 18.2 Å². The summed E-state index contributed by atoms with van der Waals surface area (Å²) < 4.78 is 70.0. The fourth-order valence-electron chi connectivity index (χ4n) is 1.74. The third kappa shape index (κ3) is 4.41. The van der Waals surface area contributed by atoms with E-state index in [4.69, 9.17) is 9.83 Å². The van der Waals surface area contributed by atoms with E-state index in [0.29, 0.717) is 12.1 Å². The van der Waals surface area contributed by atoms with Crippen molar-refractivity contribution in [3.63, 3.8) is 0 Å². The normalized spacial score (nSPS) is 12.3. The van der Waals surface area contributed by atoms with Crippen LogP contribution in [0, 0.1) is 17.0 Å². The zero-order valence-electron chi connectivity index (χ0n) is 11.5. The van der Waals surface area contributed by atoms with Crippen molar-refractivity contribution >= 4 is 5.71 Å². The minimum atomic E-state index is -4.77. The molecule has 0 aliphatic heterocycles. The highest BCUT2D eigenvalue weighted by Crippen LogP contribution is 2.24. The van der Waals surface area contributed by atoms with Gasteiger partial charge in [0.25, 0.3) is 0 Å². The number of benzene rings is 1. The second-order valence-corrected chi connectivity index (χ2v) is 4.54. The molecule has 0 amide bonds. The fourth-order valence-corrected chi connectivity index (χ4v) is 1.74. The molecule has 1 aromatic heterocycles. The molecule has 0 saturated heterocycles. The summed E-state index contributed by atoms with van der Waals surface area (Å²) in [4.78, 5) is 0. The van der Waals surface area contributed by atoms with E-state index in [1.165, 1.54) is 18.4 Å². The number of hydrogen-bond donors (Lipinski definition) is 2. The maximum atomic E-state index is 13.4. The van der Waals surface area contributed by atoms with Crippen LogP contribution in [0.3, 0.4) is 0 Å². The van der Waals surface area contributed by atoms with Gasteiger partial charge in [-0.2, -0.15) is 13.2 Å². The van der Waals surface area contributed by atoms with Gasteiger partial charge >= 0.3 is 6.18 Å². The van der Waals surface area contributed by atoms with Gasteiger partial charge in [0.05, 0.1) is 12.0 Å². The lowest BCUT2D eigenvalue weighted by molar-refractivity contribution is -0.0968. The monoisotopic (exact) mass is 330 g/mol. The molecule has 0 atom stereocenters. The molecule has 1 heterocycles. The molecule has 0 bridgehead atoms. The SMILES string of the molecule is N=C(/C=C(\NCc1ccc(F)cc1F)C(F)(F)F)c1ccco1. The number of nitrogens with one attached hydrogen (secondary N) is 2. The van der Waals surface area contributed by atoms with Crippen molar-refractivity contribution in [2.45, 2.75) is 12.7 Å². The van der Waals surface area contributed by atoms with Crippen LogP contribution in [0.15, 0.2) is 52.8 Å². The van der Waals surface area contributed by atoms with Gasteiger partial charge < -0.3 is 9.73 Å². The number of furan rings is 1. The van der Waals surface area contributed by atoms with Gasteiger partial charge in [-0.15, -0.1) is 0 Å². The summed E-state index contributed by atoms with van der Waals surface area (Å²) in [6.07, 6.45) is -3.00. The van der Waals surface area contributed by atoms with Crippen molar-refractivity contribution in [1.29, 1.82) is 5.41 Å². The minimum absolute atomic E-state index is 0.0403. The Morgan fingerprint density at radius 1 is 1.22 bits per heavy atom. The van der Waals surface area contributed by atoms with Crippen LogP contribution >= 0.6 is 0 Å². The fraction of sp³-hybridized carbons (Fsp3) is 0.133. The Hall–Kier alpha value is -2.64. The highest BCUT2D eigenvalue weighted by Gasteiger charge is 2.34. The van der Waals surface area contributed by atoms with E-state index in [9.17, 15) is 22.0 Å². The highest BCUT2D eigenvalue weighted by atomic mass is 19.4. The molecule has 0 fully saturated rings. The molecule has 2 N–H and O–H groups in total. The molecule has 2 aromatic rings. The first-order valence-corrected chi connectivity index (χ1v) is 6.36. The summed E-state index contributed by atoms with van der Waals surface area (Å²) in [6.45, 7) is -0.511. The largest absolute Gasteiger partial charge is 0.463 e. The van der Waals surface area contributed by atoms with Crippen LogP contribution in [-0.2, 0) is 6.54 Å². The molecular formula is C15H11F5N2O. The van der Waals surface area contributed by atoms with Crippen LogP contribution in [0.25, 0.3) is 0 Å². The maximum absolute atomic E-state index is 13.4. The average molecular weight is 330 g/mol. The Balaban J connectivity index is 2.18. The van der Waals surface area contributed by atoms with Crippen molar-refractivity contribution in [2.24, 2.45) is 0 Å². The number of rotatable bonds is 5. The molecular weight excluding hydrogens is 319 g/mol. The first-order chi connectivity index (χ1) is 10.8. The van der Waals surface area contributed by atoms with Gasteiger partial charge in [0.2, 0.25) is 0 Å². The molecule has 0 saturated carbocycles. The zero-order chi connectivity index (χ0) is 17.0. The van der Waals surface area contributed by atoms with E-state index in [1.807, 2.05) is 5.32 Å². The number of alkyl halides is 3. The lowest BCUT2D eigenvalue weighted by Gasteiger charge is -2.15. The second-order valence-electron chi connectivity index (χ2n) is 4.54. The third-order valence-corrected chi connectivity index (χ3v) is 2.87. The Kier molecular flexibility index (Phi) is 4.83. The Labute approximate surface area is 127 Å². The molecule has 0 aliphatic carbocycles. The number of hydrogen-bond acceptors (Lipinski definition) is 3. The van der Waals surface area contributed by atoms with E-state index in [-0.39, 0.29) is 11.3 Å². The van der Waals surface area contributed by atoms with Crippen LogP contribution in [-0.4, -0.2) is 11.9 Å². The second kappa shape index (κ2) is 6.64. The molecule has 2 rings (SSSR count). The predicted molar refractivity (Wildman–Crippen MR) is 72.9 cm³/mol. The summed E-state index contributed by atoms with van der Waals surface area (Å²) >= 11 is 0. The maximum Gasteiger partial charge on any atom is 0.431 e. The third-order valence-electron chi connectivity index (χ3n) is 2.87. The van der Waals surface area contributed by atoms with Crippen molar-refractivity contribution in [1.82, 2.24) is 5.32 Å². The van der Waals surface area contributed by atoms with Crippen LogP contribution in [0.5, 0.6) is 0 Å². The first kappa shape index (κ1) is 16.7. The molecule has 0 radical (unpaired) electrons. The van der Waals surface area contributed by atoms with Crippen molar-refractivity contribution in [3.05, 3.63) is 71.3 Å². The molecule has 122 valence electrons. The van der Waals surface area contributed by atoms with Crippen LogP contribution in [0.4, 0.5) is 22.0 Å². The standard InChI is InChI=1S/C15H11F5N2O/c16-10-4-3-9(11(17)6-10)8-22-14(15(18,19)20)7-12(21)13-2-1-5-23-13/h1-7,21-22H,8H2/b14-7-,21-12?. The number of halogens is 5. The van der Waals surface area contributed by atoms with Gasteiger partial charge in [0.15, 0.2) is 5.76 Å². The molecule has 8 heteroatoms. The van der Waals surface area contributed by atoms with E-state index in [0.717, 1.165) is 12.1 Å². The molecule has 0 unspecified atom stereocenters. The van der Waals surface area contributed by atoms with Gasteiger partial charge in [0.1, 0.15) is 17.3 Å². The average Bonchev–Trinajstić information content (AvgIpc) is 2.97. The van der Waals surface area contributed by atoms with Gasteiger partial charge in [-0.25, -0.2) is 8.78 Å². The summed E-state index contributed by atoms with van der Waals surface area (Å²) in [5.41, 5.74) is -1.86. The lowest BCUT2D eigenvalue weighted by Crippen LogP contribution is -2.27. The molecule has 1 aromatic carbocycles. The zero-order valence-corrected chi connectivity index (χ0v) is 11.5. The Bertz CT molecular complexity index is 720. The minimum Gasteiger partial charge on any atom is -0.463 e. The predicted octanol–water partition coefficient (Wildman–Crippen LogP) is 4.16. The molecule has 0 spiro atoms. The molecule has 23 heavy (non-hydrogen) atoms. The summed E-state index contributed by atoms with van der Waals surface area (Å²) in [5, 5.41) is 9.60. The van der Waals surface area contributed by atoms with Crippen LogP contribution < -0.4 is 5.32 Å². The number of allylic oxidation sites excluding steroid dienone is 2. The highest BCUT2D eigenvalue weighted by molar-refractivity contribution is 6.04. The summed E-state index contributed by atoms with van der Waals surface area (Å²) in [6, 6.07) is 5.35. The van der Waals surface area contributed by atoms with E-state index in [2.05, 4.69) is 0 Å². The van der Waals surface area contributed by atoms with Gasteiger partial charge in [-0.1, -0.05) is 6.07 Å². The van der Waals surface area contributed by atoms with Crippen LogP contribution in [0.2, 0.25) is 0 Å². The van der Waals surface area contributed by atoms with E-state index < -0.39 is 35.8 Å². The Morgan fingerprint density at radius 3 is 2.52 bits per heavy atom. The van der Waals surface area contributed by atoms with Gasteiger partial charge in [-0.05, 0) is 24.3 Å². The topological polar surface area (TPSA) is 49.0 Å². The van der Waals surface area contributed by atoms with E-state index in [1.54, 1.807) is 0 Å². The van der Waals surface area contributed by atoms with Crippen molar-refractivity contribution < 1.29 is 26.4 Å². The van der Waals surface area contributed by atoms with Crippen molar-refractivity contribution in [3.8, 4) is 0 Å². The smallest absolute Gasteiger partial charge is 0.431 e. The lowest BCUT2D eigenvalue weighted by atomic mass is 10.2. The Morgan fingerprint density at radius 2 is 1.96 bits per heavy atom. The molecule has 3 nitrogen and oxygen atoms in total. The quantitative estimate of drug-likeness (QED) is 0.639. The van der Waals surface area contributed by atoms with Crippen molar-refractivity contribution in [2.75, 3.05) is 0 Å². The first-order valence-electron chi connectivity index (χ1n) is 6.36. The summed E-state index contributed by atoms with van der Waals surface area (Å²) in [5.74, 6) is -1.82. The summed E-state index contributed by atoms with van der Waals surface area (Å²) in [7, 11) is 0. The van der Waals surface area contributed by atoms with E-state index >= 15 is 0 Å². The van der Waals surface area contributed by atoms with Crippen LogP contribution in [0.1, 0.15) is 11.3 Å². The molecule has 0 aliphatic rings.